The minimum absolute atomic E-state index is 0.312. The average Bonchev–Trinajstić information content (AvgIpc) is 2.48. The van der Waals surface area contributed by atoms with E-state index in [1.807, 2.05) is 6.92 Å². The first-order chi connectivity index (χ1) is 10.4. The molecule has 7 heteroatoms. The third-order valence-electron chi connectivity index (χ3n) is 3.46. The summed E-state index contributed by atoms with van der Waals surface area (Å²) in [6, 6.07) is 4.47. The van der Waals surface area contributed by atoms with Crippen LogP contribution in [0.15, 0.2) is 18.2 Å². The van der Waals surface area contributed by atoms with E-state index in [-0.39, 0.29) is 0 Å². The highest BCUT2D eigenvalue weighted by atomic mass is 19.3. The third kappa shape index (κ3) is 3.30. The van der Waals surface area contributed by atoms with Gasteiger partial charge in [-0.1, -0.05) is 0 Å². The molecule has 0 aromatic heterocycles. The van der Waals surface area contributed by atoms with E-state index < -0.39 is 24.0 Å². The van der Waals surface area contributed by atoms with Crippen molar-refractivity contribution >= 4 is 5.91 Å². The summed E-state index contributed by atoms with van der Waals surface area (Å²) in [7, 11) is 0. The van der Waals surface area contributed by atoms with Gasteiger partial charge in [-0.05, 0) is 32.0 Å². The van der Waals surface area contributed by atoms with Crippen LogP contribution in [-0.2, 0) is 4.79 Å². The maximum absolute atomic E-state index is 13.6. The van der Waals surface area contributed by atoms with Crippen LogP contribution in [0.3, 0.4) is 0 Å². The predicted octanol–water partition coefficient (Wildman–Crippen LogP) is 2.04. The molecule has 2 rings (SSSR count). The first-order valence-electron chi connectivity index (χ1n) is 7.12. The van der Waals surface area contributed by atoms with E-state index in [0.29, 0.717) is 36.7 Å². The van der Waals surface area contributed by atoms with Crippen molar-refractivity contribution in [3.63, 3.8) is 0 Å². The molecule has 5 nitrogen and oxygen atoms in total. The van der Waals surface area contributed by atoms with Gasteiger partial charge in [0, 0.05) is 12.0 Å². The highest BCUT2D eigenvalue weighted by Gasteiger charge is 2.45. The van der Waals surface area contributed by atoms with E-state index in [0.717, 1.165) is 6.92 Å². The lowest BCUT2D eigenvalue weighted by molar-refractivity contribution is -0.162. The monoisotopic (exact) mass is 315 g/mol. The number of aliphatic hydroxyl groups excluding tert-OH is 1. The number of carbonyl (C=O) groups excluding carboxylic acids is 1. The normalized spacial score (nSPS) is 18.9. The fourth-order valence-electron chi connectivity index (χ4n) is 2.22. The predicted molar refractivity (Wildman–Crippen MR) is 75.2 cm³/mol. The highest BCUT2D eigenvalue weighted by Crippen LogP contribution is 2.35. The Kier molecular flexibility index (Phi) is 4.85. The van der Waals surface area contributed by atoms with E-state index in [9.17, 15) is 13.6 Å². The SMILES string of the molecule is CCOc1ccc2c(c1)C(NC(=O)C(F)(F)C(C)O)CCO2. The number of ether oxygens (including phenoxy) is 2. The van der Waals surface area contributed by atoms with Crippen molar-refractivity contribution in [2.75, 3.05) is 13.2 Å². The molecule has 0 radical (unpaired) electrons. The molecule has 0 spiro atoms. The molecule has 2 unspecified atom stereocenters. The Morgan fingerprint density at radius 3 is 2.95 bits per heavy atom. The average molecular weight is 315 g/mol. The van der Waals surface area contributed by atoms with E-state index in [4.69, 9.17) is 14.6 Å². The molecule has 1 aromatic rings. The molecule has 0 saturated heterocycles. The Balaban J connectivity index is 2.21. The standard InChI is InChI=1S/C15H19F2NO4/c1-3-21-10-4-5-13-11(8-10)12(6-7-22-13)18-14(20)15(16,17)9(2)19/h4-5,8-9,12,19H,3,6-7H2,1-2H3,(H,18,20). The molecular weight excluding hydrogens is 296 g/mol. The molecule has 2 atom stereocenters. The maximum Gasteiger partial charge on any atom is 0.349 e. The Bertz CT molecular complexity index is 548. The molecule has 1 amide bonds. The zero-order valence-corrected chi connectivity index (χ0v) is 12.4. The van der Waals surface area contributed by atoms with Crippen LogP contribution in [0.1, 0.15) is 31.9 Å². The van der Waals surface area contributed by atoms with Gasteiger partial charge in [-0.3, -0.25) is 4.79 Å². The largest absolute Gasteiger partial charge is 0.494 e. The summed E-state index contributed by atoms with van der Waals surface area (Å²) in [5.41, 5.74) is 0.590. The van der Waals surface area contributed by atoms with E-state index in [1.54, 1.807) is 18.2 Å². The van der Waals surface area contributed by atoms with Crippen molar-refractivity contribution in [2.45, 2.75) is 38.3 Å². The Labute approximate surface area is 127 Å². The van der Waals surface area contributed by atoms with Gasteiger partial charge in [-0.25, -0.2) is 0 Å². The number of hydrogen-bond donors (Lipinski definition) is 2. The lowest BCUT2D eigenvalue weighted by Gasteiger charge is -2.29. The quantitative estimate of drug-likeness (QED) is 0.872. The molecule has 1 aliphatic rings. The molecule has 1 heterocycles. The van der Waals surface area contributed by atoms with E-state index in [2.05, 4.69) is 5.32 Å². The topological polar surface area (TPSA) is 67.8 Å². The van der Waals surface area contributed by atoms with Crippen LogP contribution < -0.4 is 14.8 Å². The summed E-state index contributed by atoms with van der Waals surface area (Å²) >= 11 is 0. The van der Waals surface area contributed by atoms with Gasteiger partial charge < -0.3 is 19.9 Å². The van der Waals surface area contributed by atoms with E-state index >= 15 is 0 Å². The van der Waals surface area contributed by atoms with Crippen molar-refractivity contribution < 1.29 is 28.2 Å². The van der Waals surface area contributed by atoms with Crippen LogP contribution in [-0.4, -0.2) is 36.3 Å². The second-order valence-corrected chi connectivity index (χ2v) is 5.09. The Morgan fingerprint density at radius 2 is 2.32 bits per heavy atom. The lowest BCUT2D eigenvalue weighted by Crippen LogP contribution is -2.48. The van der Waals surface area contributed by atoms with E-state index in [1.165, 1.54) is 0 Å². The fraction of sp³-hybridized carbons (Fsp3) is 0.533. The molecule has 1 aliphatic heterocycles. The molecule has 22 heavy (non-hydrogen) atoms. The van der Waals surface area contributed by atoms with Gasteiger partial charge in [0.1, 0.15) is 17.6 Å². The van der Waals surface area contributed by atoms with Crippen LogP contribution in [0.4, 0.5) is 8.78 Å². The molecule has 0 bridgehead atoms. The van der Waals surface area contributed by atoms with Gasteiger partial charge in [0.15, 0.2) is 0 Å². The summed E-state index contributed by atoms with van der Waals surface area (Å²) in [6.45, 7) is 3.49. The van der Waals surface area contributed by atoms with Crippen LogP contribution >= 0.6 is 0 Å². The molecule has 0 aliphatic carbocycles. The Hall–Kier alpha value is -1.89. The van der Waals surface area contributed by atoms with Crippen molar-refractivity contribution in [2.24, 2.45) is 0 Å². The first-order valence-corrected chi connectivity index (χ1v) is 7.12. The van der Waals surface area contributed by atoms with Crippen LogP contribution in [0, 0.1) is 0 Å². The van der Waals surface area contributed by atoms with Gasteiger partial charge in [0.25, 0.3) is 5.91 Å². The van der Waals surface area contributed by atoms with Gasteiger partial charge in [0.2, 0.25) is 0 Å². The smallest absolute Gasteiger partial charge is 0.349 e. The zero-order chi connectivity index (χ0) is 16.3. The second kappa shape index (κ2) is 6.48. The number of fused-ring (bicyclic) bond motifs is 1. The number of nitrogens with one attached hydrogen (secondary N) is 1. The number of hydrogen-bond acceptors (Lipinski definition) is 4. The fourth-order valence-corrected chi connectivity index (χ4v) is 2.22. The molecule has 0 fully saturated rings. The number of rotatable bonds is 5. The Morgan fingerprint density at radius 1 is 1.59 bits per heavy atom. The summed E-state index contributed by atoms with van der Waals surface area (Å²) < 4.78 is 37.9. The minimum atomic E-state index is -3.84. The minimum Gasteiger partial charge on any atom is -0.494 e. The summed E-state index contributed by atoms with van der Waals surface area (Å²) in [4.78, 5) is 11.7. The van der Waals surface area contributed by atoms with Crippen molar-refractivity contribution in [1.29, 1.82) is 0 Å². The van der Waals surface area contributed by atoms with Gasteiger partial charge in [0.05, 0.1) is 19.3 Å². The van der Waals surface area contributed by atoms with Gasteiger partial charge in [-0.15, -0.1) is 0 Å². The summed E-state index contributed by atoms with van der Waals surface area (Å²) in [5, 5.41) is 11.3. The molecule has 2 N–H and O–H groups in total. The van der Waals surface area contributed by atoms with Crippen LogP contribution in [0.2, 0.25) is 0 Å². The summed E-state index contributed by atoms with van der Waals surface area (Å²) in [6.07, 6.45) is -1.69. The number of halogens is 2. The summed E-state index contributed by atoms with van der Waals surface area (Å²) in [5.74, 6) is -4.23. The molecule has 0 saturated carbocycles. The maximum atomic E-state index is 13.6. The van der Waals surface area contributed by atoms with Gasteiger partial charge >= 0.3 is 5.92 Å². The number of carbonyl (C=O) groups is 1. The zero-order valence-electron chi connectivity index (χ0n) is 12.4. The lowest BCUT2D eigenvalue weighted by atomic mass is 9.99. The number of benzene rings is 1. The molecule has 122 valence electrons. The number of aliphatic hydroxyl groups is 1. The van der Waals surface area contributed by atoms with Crippen molar-refractivity contribution in [3.8, 4) is 11.5 Å². The van der Waals surface area contributed by atoms with Crippen LogP contribution in [0.25, 0.3) is 0 Å². The van der Waals surface area contributed by atoms with Crippen LogP contribution in [0.5, 0.6) is 11.5 Å². The highest BCUT2D eigenvalue weighted by molar-refractivity contribution is 5.84. The second-order valence-electron chi connectivity index (χ2n) is 5.09. The first kappa shape index (κ1) is 16.5. The third-order valence-corrected chi connectivity index (χ3v) is 3.46. The number of alkyl halides is 2. The number of amides is 1. The van der Waals surface area contributed by atoms with Crippen molar-refractivity contribution in [1.82, 2.24) is 5.32 Å². The van der Waals surface area contributed by atoms with Crippen molar-refractivity contribution in [3.05, 3.63) is 23.8 Å². The molecule has 1 aromatic carbocycles. The molecular formula is C15H19F2NO4. The van der Waals surface area contributed by atoms with Gasteiger partial charge in [-0.2, -0.15) is 8.78 Å².